The van der Waals surface area contributed by atoms with Crippen LogP contribution in [-0.4, -0.2) is 25.8 Å². The van der Waals surface area contributed by atoms with Crippen molar-refractivity contribution in [1.29, 1.82) is 0 Å². The van der Waals surface area contributed by atoms with E-state index in [0.717, 1.165) is 37.4 Å². The summed E-state index contributed by atoms with van der Waals surface area (Å²) in [5.74, 6) is 1.87. The molecule has 1 aromatic carbocycles. The van der Waals surface area contributed by atoms with Crippen molar-refractivity contribution in [1.82, 2.24) is 5.32 Å². The van der Waals surface area contributed by atoms with Gasteiger partial charge in [0, 0.05) is 6.04 Å². The summed E-state index contributed by atoms with van der Waals surface area (Å²) in [6.45, 7) is 2.88. The molecule has 0 aromatic heterocycles. The predicted molar refractivity (Wildman–Crippen MR) is 73.3 cm³/mol. The molecule has 2 rings (SSSR count). The van der Waals surface area contributed by atoms with E-state index >= 15 is 0 Å². The first-order chi connectivity index (χ1) is 8.81. The molecule has 100 valence electrons. The summed E-state index contributed by atoms with van der Waals surface area (Å²) in [7, 11) is 2.02. The van der Waals surface area contributed by atoms with Crippen LogP contribution in [0.4, 0.5) is 0 Å². The van der Waals surface area contributed by atoms with Crippen LogP contribution in [0.15, 0.2) is 24.3 Å². The second-order valence-electron chi connectivity index (χ2n) is 4.86. The van der Waals surface area contributed by atoms with Gasteiger partial charge < -0.3 is 14.8 Å². The molecule has 1 aromatic rings. The Hall–Kier alpha value is -1.22. The fourth-order valence-corrected chi connectivity index (χ4v) is 2.34. The third kappa shape index (κ3) is 3.64. The zero-order chi connectivity index (χ0) is 12.8. The lowest BCUT2D eigenvalue weighted by Gasteiger charge is -2.14. The topological polar surface area (TPSA) is 30.5 Å². The van der Waals surface area contributed by atoms with Gasteiger partial charge in [-0.05, 0) is 57.0 Å². The third-order valence-corrected chi connectivity index (χ3v) is 3.39. The van der Waals surface area contributed by atoms with Gasteiger partial charge in [0.2, 0.25) is 0 Å². The van der Waals surface area contributed by atoms with Crippen LogP contribution in [0.1, 0.15) is 32.6 Å². The van der Waals surface area contributed by atoms with E-state index in [-0.39, 0.29) is 0 Å². The Balaban J connectivity index is 1.83. The van der Waals surface area contributed by atoms with Crippen molar-refractivity contribution in [3.05, 3.63) is 24.3 Å². The highest BCUT2D eigenvalue weighted by Crippen LogP contribution is 2.25. The van der Waals surface area contributed by atoms with Gasteiger partial charge >= 0.3 is 0 Å². The monoisotopic (exact) mass is 249 g/mol. The van der Waals surface area contributed by atoms with Crippen LogP contribution < -0.4 is 14.8 Å². The largest absolute Gasteiger partial charge is 0.494 e. The van der Waals surface area contributed by atoms with Gasteiger partial charge in [-0.15, -0.1) is 0 Å². The lowest BCUT2D eigenvalue weighted by atomic mass is 10.2. The molecule has 1 saturated carbocycles. The van der Waals surface area contributed by atoms with Gasteiger partial charge in [0.15, 0.2) is 0 Å². The molecule has 0 bridgehead atoms. The molecule has 3 heteroatoms. The fraction of sp³-hybridized carbons (Fsp3) is 0.600. The van der Waals surface area contributed by atoms with Gasteiger partial charge in [0.25, 0.3) is 0 Å². The fourth-order valence-electron chi connectivity index (χ4n) is 2.34. The molecule has 0 saturated heterocycles. The van der Waals surface area contributed by atoms with E-state index in [4.69, 9.17) is 9.47 Å². The van der Waals surface area contributed by atoms with Crippen molar-refractivity contribution >= 4 is 0 Å². The summed E-state index contributed by atoms with van der Waals surface area (Å²) in [5, 5.41) is 3.31. The number of hydrogen-bond donors (Lipinski definition) is 1. The number of benzene rings is 1. The quantitative estimate of drug-likeness (QED) is 0.840. The van der Waals surface area contributed by atoms with Crippen molar-refractivity contribution in [3.63, 3.8) is 0 Å². The summed E-state index contributed by atoms with van der Waals surface area (Å²) >= 11 is 0. The minimum Gasteiger partial charge on any atom is -0.494 e. The van der Waals surface area contributed by atoms with Crippen LogP contribution in [0.5, 0.6) is 11.5 Å². The molecule has 1 aliphatic carbocycles. The molecule has 0 spiro atoms. The highest BCUT2D eigenvalue weighted by molar-refractivity contribution is 5.31. The Morgan fingerprint density at radius 1 is 1.17 bits per heavy atom. The molecule has 1 N–H and O–H groups in total. The molecule has 18 heavy (non-hydrogen) atoms. The Morgan fingerprint density at radius 2 is 1.89 bits per heavy atom. The molecule has 1 fully saturated rings. The van der Waals surface area contributed by atoms with E-state index in [9.17, 15) is 0 Å². The number of nitrogens with one attached hydrogen (secondary N) is 1. The highest BCUT2D eigenvalue weighted by Gasteiger charge is 2.24. The standard InChI is InChI=1S/C15H23NO2/c1-3-10-17-13-6-8-14(9-7-13)18-15-5-4-12(11-15)16-2/h6-9,12,15-16H,3-5,10-11H2,1-2H3. The number of rotatable bonds is 6. The summed E-state index contributed by atoms with van der Waals surface area (Å²) in [6, 6.07) is 8.57. The van der Waals surface area contributed by atoms with Crippen LogP contribution in [-0.2, 0) is 0 Å². The van der Waals surface area contributed by atoms with Gasteiger partial charge in [-0.1, -0.05) is 6.92 Å². The number of hydrogen-bond acceptors (Lipinski definition) is 3. The molecule has 0 amide bonds. The maximum absolute atomic E-state index is 5.97. The Morgan fingerprint density at radius 3 is 2.50 bits per heavy atom. The van der Waals surface area contributed by atoms with E-state index in [1.807, 2.05) is 31.3 Å². The van der Waals surface area contributed by atoms with E-state index in [1.165, 1.54) is 6.42 Å². The van der Waals surface area contributed by atoms with Crippen LogP contribution in [0, 0.1) is 0 Å². The average molecular weight is 249 g/mol. The zero-order valence-electron chi connectivity index (χ0n) is 11.3. The summed E-state index contributed by atoms with van der Waals surface area (Å²) in [6.07, 6.45) is 4.83. The molecule has 1 aliphatic rings. The van der Waals surface area contributed by atoms with Crippen LogP contribution in [0.3, 0.4) is 0 Å². The van der Waals surface area contributed by atoms with Crippen LogP contribution >= 0.6 is 0 Å². The second-order valence-corrected chi connectivity index (χ2v) is 4.86. The Bertz CT molecular complexity index is 350. The van der Waals surface area contributed by atoms with Crippen LogP contribution in [0.2, 0.25) is 0 Å². The molecule has 2 unspecified atom stereocenters. The van der Waals surface area contributed by atoms with Crippen molar-refractivity contribution in [2.24, 2.45) is 0 Å². The Labute approximate surface area is 109 Å². The van der Waals surface area contributed by atoms with Gasteiger partial charge in [-0.2, -0.15) is 0 Å². The third-order valence-electron chi connectivity index (χ3n) is 3.39. The Kier molecular flexibility index (Phi) is 4.88. The second kappa shape index (κ2) is 6.64. The number of ether oxygens (including phenoxy) is 2. The van der Waals surface area contributed by atoms with Gasteiger partial charge in [0.1, 0.15) is 17.6 Å². The SMILES string of the molecule is CCCOc1ccc(OC2CCC(NC)C2)cc1. The van der Waals surface area contributed by atoms with Crippen molar-refractivity contribution < 1.29 is 9.47 Å². The van der Waals surface area contributed by atoms with E-state index in [0.29, 0.717) is 12.1 Å². The smallest absolute Gasteiger partial charge is 0.119 e. The normalized spacial score (nSPS) is 23.0. The predicted octanol–water partition coefficient (Wildman–Crippen LogP) is 2.99. The first-order valence-electron chi connectivity index (χ1n) is 6.88. The first kappa shape index (κ1) is 13.2. The zero-order valence-corrected chi connectivity index (χ0v) is 11.3. The van der Waals surface area contributed by atoms with E-state index in [2.05, 4.69) is 12.2 Å². The summed E-state index contributed by atoms with van der Waals surface area (Å²) < 4.78 is 11.5. The maximum Gasteiger partial charge on any atom is 0.119 e. The van der Waals surface area contributed by atoms with Crippen LogP contribution in [0.25, 0.3) is 0 Å². The van der Waals surface area contributed by atoms with Crippen molar-refractivity contribution in [3.8, 4) is 11.5 Å². The average Bonchev–Trinajstić information content (AvgIpc) is 2.86. The minimum absolute atomic E-state index is 0.352. The summed E-state index contributed by atoms with van der Waals surface area (Å²) in [4.78, 5) is 0. The van der Waals surface area contributed by atoms with Crippen molar-refractivity contribution in [2.75, 3.05) is 13.7 Å². The lowest BCUT2D eigenvalue weighted by molar-refractivity contribution is 0.206. The van der Waals surface area contributed by atoms with E-state index in [1.54, 1.807) is 0 Å². The lowest BCUT2D eigenvalue weighted by Crippen LogP contribution is -2.23. The molecule has 0 aliphatic heterocycles. The molecule has 0 heterocycles. The highest BCUT2D eigenvalue weighted by atomic mass is 16.5. The molecular weight excluding hydrogens is 226 g/mol. The molecule has 2 atom stereocenters. The minimum atomic E-state index is 0.352. The molecule has 0 radical (unpaired) electrons. The molecule has 3 nitrogen and oxygen atoms in total. The molecular formula is C15H23NO2. The van der Waals surface area contributed by atoms with E-state index < -0.39 is 0 Å². The summed E-state index contributed by atoms with van der Waals surface area (Å²) in [5.41, 5.74) is 0. The van der Waals surface area contributed by atoms with Gasteiger partial charge in [-0.3, -0.25) is 0 Å². The van der Waals surface area contributed by atoms with Gasteiger partial charge in [-0.25, -0.2) is 0 Å². The maximum atomic E-state index is 5.97. The first-order valence-corrected chi connectivity index (χ1v) is 6.88. The van der Waals surface area contributed by atoms with Crippen molar-refractivity contribution in [2.45, 2.75) is 44.8 Å². The van der Waals surface area contributed by atoms with Gasteiger partial charge in [0.05, 0.1) is 6.61 Å².